The number of benzene rings is 2. The van der Waals surface area contributed by atoms with Gasteiger partial charge >= 0.3 is 0 Å². The Hall–Kier alpha value is -2.82. The van der Waals surface area contributed by atoms with Gasteiger partial charge in [-0.1, -0.05) is 42.5 Å². The molecule has 4 fully saturated rings. The third-order valence-corrected chi connectivity index (χ3v) is 11.6. The molecule has 2 aromatic carbocycles. The van der Waals surface area contributed by atoms with Crippen LogP contribution >= 0.6 is 0 Å². The molecule has 2 N–H and O–H groups in total. The average Bonchev–Trinajstić information content (AvgIpc) is 3.40. The van der Waals surface area contributed by atoms with Crippen LogP contribution in [-0.2, 0) is 0 Å². The SMILES string of the molecule is OCC(C1CCN(C(C2=Cc3ccccc3C3CCC23)=C2CCC2)CC1)N1CCC(c2c[nH]c3ccccc23)CC1. The lowest BCUT2D eigenvalue weighted by atomic mass is 9.61. The minimum absolute atomic E-state index is 0.294. The Kier molecular flexibility index (Phi) is 6.80. The van der Waals surface area contributed by atoms with Crippen molar-refractivity contribution in [1.29, 1.82) is 0 Å². The number of hydrogen-bond acceptors (Lipinski definition) is 3. The van der Waals surface area contributed by atoms with Gasteiger partial charge in [-0.2, -0.15) is 0 Å². The lowest BCUT2D eigenvalue weighted by Crippen LogP contribution is -2.50. The third-order valence-electron chi connectivity index (χ3n) is 11.6. The van der Waals surface area contributed by atoms with Gasteiger partial charge in [0.25, 0.3) is 0 Å². The highest BCUT2D eigenvalue weighted by atomic mass is 16.3. The second kappa shape index (κ2) is 10.8. The lowest BCUT2D eigenvalue weighted by molar-refractivity contribution is 0.0380. The average molecular weight is 548 g/mol. The van der Waals surface area contributed by atoms with Crippen LogP contribution in [0.3, 0.4) is 0 Å². The van der Waals surface area contributed by atoms with Crippen molar-refractivity contribution in [1.82, 2.24) is 14.8 Å². The molecule has 4 nitrogen and oxygen atoms in total. The first kappa shape index (κ1) is 25.9. The quantitative estimate of drug-likeness (QED) is 0.337. The van der Waals surface area contributed by atoms with E-state index in [1.807, 2.05) is 0 Å². The van der Waals surface area contributed by atoms with Crippen LogP contribution in [0, 0.1) is 11.8 Å². The van der Waals surface area contributed by atoms with Gasteiger partial charge in [0, 0.05) is 41.9 Å². The molecule has 0 bridgehead atoms. The van der Waals surface area contributed by atoms with Crippen molar-refractivity contribution in [3.05, 3.63) is 88.3 Å². The number of aliphatic hydroxyl groups excluding tert-OH is 1. The van der Waals surface area contributed by atoms with Crippen molar-refractivity contribution in [2.24, 2.45) is 11.8 Å². The molecule has 2 saturated heterocycles. The summed E-state index contributed by atoms with van der Waals surface area (Å²) in [4.78, 5) is 8.89. The Morgan fingerprint density at radius 3 is 2.32 bits per heavy atom. The molecule has 5 aliphatic rings. The molecule has 1 aromatic heterocycles. The largest absolute Gasteiger partial charge is 0.395 e. The van der Waals surface area contributed by atoms with E-state index in [1.165, 1.54) is 79.8 Å². The number of nitrogens with zero attached hydrogens (tertiary/aromatic N) is 2. The van der Waals surface area contributed by atoms with Crippen LogP contribution in [0.4, 0.5) is 0 Å². The number of aromatic nitrogens is 1. The summed E-state index contributed by atoms with van der Waals surface area (Å²) in [5.74, 6) is 2.65. The Labute approximate surface area is 245 Å². The van der Waals surface area contributed by atoms with Crippen LogP contribution in [0.25, 0.3) is 17.0 Å². The molecule has 4 heteroatoms. The van der Waals surface area contributed by atoms with Crippen LogP contribution in [0.15, 0.2) is 71.6 Å². The highest BCUT2D eigenvalue weighted by Crippen LogP contribution is 2.55. The molecule has 8 rings (SSSR count). The summed E-state index contributed by atoms with van der Waals surface area (Å²) < 4.78 is 0. The van der Waals surface area contributed by atoms with E-state index < -0.39 is 0 Å². The number of piperidine rings is 2. The fourth-order valence-corrected chi connectivity index (χ4v) is 8.99. The fraction of sp³-hybridized carbons (Fsp3) is 0.514. The first-order valence-electron chi connectivity index (χ1n) is 16.5. The molecule has 0 radical (unpaired) electrons. The monoisotopic (exact) mass is 547 g/mol. The Morgan fingerprint density at radius 2 is 1.59 bits per heavy atom. The van der Waals surface area contributed by atoms with E-state index in [9.17, 15) is 5.11 Å². The topological polar surface area (TPSA) is 42.5 Å². The number of allylic oxidation sites excluding steroid dienone is 2. The Bertz CT molecular complexity index is 1460. The first-order chi connectivity index (χ1) is 20.3. The molecule has 214 valence electrons. The zero-order chi connectivity index (χ0) is 27.3. The highest BCUT2D eigenvalue weighted by molar-refractivity contribution is 5.83. The molecule has 2 aliphatic heterocycles. The van der Waals surface area contributed by atoms with Crippen LogP contribution in [0.2, 0.25) is 0 Å². The fourth-order valence-electron chi connectivity index (χ4n) is 8.99. The number of H-pyrrole nitrogens is 1. The van der Waals surface area contributed by atoms with Gasteiger partial charge in [-0.3, -0.25) is 4.90 Å². The van der Waals surface area contributed by atoms with Gasteiger partial charge in [-0.25, -0.2) is 0 Å². The van der Waals surface area contributed by atoms with E-state index in [1.54, 1.807) is 22.4 Å². The van der Waals surface area contributed by atoms with Crippen LogP contribution in [0.5, 0.6) is 0 Å². The predicted molar refractivity (Wildman–Crippen MR) is 168 cm³/mol. The second-order valence-electron chi connectivity index (χ2n) is 13.5. The van der Waals surface area contributed by atoms with Crippen molar-refractivity contribution in [2.45, 2.75) is 75.7 Å². The number of nitrogens with one attached hydrogen (secondary N) is 1. The second-order valence-corrected chi connectivity index (χ2v) is 13.5. The van der Waals surface area contributed by atoms with E-state index in [4.69, 9.17) is 0 Å². The van der Waals surface area contributed by atoms with Crippen molar-refractivity contribution in [3.8, 4) is 0 Å². The van der Waals surface area contributed by atoms with Gasteiger partial charge < -0.3 is 15.0 Å². The van der Waals surface area contributed by atoms with Gasteiger partial charge in [0.05, 0.1) is 6.61 Å². The molecule has 3 aliphatic carbocycles. The first-order valence-corrected chi connectivity index (χ1v) is 16.5. The van der Waals surface area contributed by atoms with E-state index in [-0.39, 0.29) is 0 Å². The molecular formula is C37H45N3O. The van der Waals surface area contributed by atoms with Crippen molar-refractivity contribution in [3.63, 3.8) is 0 Å². The number of hydrogen-bond donors (Lipinski definition) is 2. The van der Waals surface area contributed by atoms with Gasteiger partial charge in [0.1, 0.15) is 0 Å². The number of likely N-dealkylation sites (tertiary alicyclic amines) is 2. The maximum atomic E-state index is 10.6. The summed E-state index contributed by atoms with van der Waals surface area (Å²) in [7, 11) is 0. The summed E-state index contributed by atoms with van der Waals surface area (Å²) in [6.45, 7) is 4.77. The van der Waals surface area contributed by atoms with Gasteiger partial charge in [-0.05, 0) is 135 Å². The molecule has 3 atom stereocenters. The predicted octanol–water partition coefficient (Wildman–Crippen LogP) is 7.45. The Balaban J connectivity index is 0.949. The zero-order valence-electron chi connectivity index (χ0n) is 24.4. The summed E-state index contributed by atoms with van der Waals surface area (Å²) in [5.41, 5.74) is 10.8. The van der Waals surface area contributed by atoms with Crippen molar-refractivity contribution < 1.29 is 5.11 Å². The molecule has 3 unspecified atom stereocenters. The highest BCUT2D eigenvalue weighted by Gasteiger charge is 2.42. The number of aromatic amines is 1. The molecule has 3 aromatic rings. The van der Waals surface area contributed by atoms with Crippen molar-refractivity contribution >= 4 is 17.0 Å². The zero-order valence-corrected chi connectivity index (χ0v) is 24.4. The van der Waals surface area contributed by atoms with E-state index in [0.29, 0.717) is 30.4 Å². The maximum absolute atomic E-state index is 10.6. The minimum Gasteiger partial charge on any atom is -0.395 e. The molecule has 41 heavy (non-hydrogen) atoms. The summed E-state index contributed by atoms with van der Waals surface area (Å²) in [6, 6.07) is 18.2. The van der Waals surface area contributed by atoms with E-state index >= 15 is 0 Å². The molecule has 3 heterocycles. The standard InChI is InChI=1S/C37H45N3O/c41-24-36(39-18-14-25(15-19-39)34-23-38-35-11-4-3-10-32(34)35)26-16-20-40(21-17-26)37(27-7-5-8-27)33-22-28-6-1-2-9-29(28)30-12-13-31(30)33/h1-4,6,9-11,22-23,25-26,30-31,36,38,41H,5,7-8,12-21,24H2. The van der Waals surface area contributed by atoms with Crippen LogP contribution in [-0.4, -0.2) is 58.7 Å². The summed E-state index contributed by atoms with van der Waals surface area (Å²) in [5, 5.41) is 12.0. The maximum Gasteiger partial charge on any atom is 0.0589 e. The smallest absolute Gasteiger partial charge is 0.0589 e. The molecular weight excluding hydrogens is 502 g/mol. The van der Waals surface area contributed by atoms with Crippen LogP contribution < -0.4 is 0 Å². The van der Waals surface area contributed by atoms with E-state index in [2.05, 4.69) is 75.6 Å². The molecule has 2 saturated carbocycles. The summed E-state index contributed by atoms with van der Waals surface area (Å²) in [6.07, 6.45) is 16.2. The van der Waals surface area contributed by atoms with Crippen molar-refractivity contribution in [2.75, 3.05) is 32.8 Å². The lowest BCUT2D eigenvalue weighted by Gasteiger charge is -2.48. The number of aliphatic hydroxyl groups is 1. The number of fused-ring (bicyclic) bond motifs is 4. The van der Waals surface area contributed by atoms with Gasteiger partial charge in [-0.15, -0.1) is 0 Å². The van der Waals surface area contributed by atoms with Crippen LogP contribution in [0.1, 0.15) is 86.3 Å². The molecule has 0 spiro atoms. The number of rotatable bonds is 6. The number of para-hydroxylation sites is 1. The summed E-state index contributed by atoms with van der Waals surface area (Å²) >= 11 is 0. The van der Waals surface area contributed by atoms with Gasteiger partial charge in [0.2, 0.25) is 0 Å². The Morgan fingerprint density at radius 1 is 0.829 bits per heavy atom. The third kappa shape index (κ3) is 4.49. The molecule has 0 amide bonds. The van der Waals surface area contributed by atoms with Gasteiger partial charge in [0.15, 0.2) is 0 Å². The minimum atomic E-state index is 0.294. The normalized spacial score (nSPS) is 26.1. The van der Waals surface area contributed by atoms with E-state index in [0.717, 1.165) is 32.1 Å².